The van der Waals surface area contributed by atoms with Crippen molar-refractivity contribution in [2.24, 2.45) is 0 Å². The van der Waals surface area contributed by atoms with Gasteiger partial charge in [-0.1, -0.05) is 114 Å². The van der Waals surface area contributed by atoms with Crippen molar-refractivity contribution in [3.8, 4) is 11.5 Å². The molecule has 0 aliphatic carbocycles. The van der Waals surface area contributed by atoms with Crippen LogP contribution in [0.25, 0.3) is 12.2 Å². The predicted molar refractivity (Wildman–Crippen MR) is 237 cm³/mol. The lowest BCUT2D eigenvalue weighted by molar-refractivity contribution is -0.149. The minimum absolute atomic E-state index is 0.148. The highest BCUT2D eigenvalue weighted by molar-refractivity contribution is 5.88. The first kappa shape index (κ1) is 49.5. The van der Waals surface area contributed by atoms with Crippen LogP contribution >= 0.6 is 0 Å². The van der Waals surface area contributed by atoms with E-state index in [9.17, 15) is 19.2 Å². The Hall–Kier alpha value is -5.20. The lowest BCUT2D eigenvalue weighted by Crippen LogP contribution is -2.35. The monoisotopic (exact) mass is 858 g/mol. The average Bonchev–Trinajstić information content (AvgIpc) is 3.88. The Bertz CT molecular complexity index is 1570. The molecule has 12 nitrogen and oxygen atoms in total. The van der Waals surface area contributed by atoms with Gasteiger partial charge in [-0.3, -0.25) is 0 Å². The molecule has 2 fully saturated rings. The highest BCUT2D eigenvalue weighted by atomic mass is 16.7. The number of ether oxygens (including phenoxy) is 8. The molecule has 2 aromatic carbocycles. The minimum atomic E-state index is -0.613. The van der Waals surface area contributed by atoms with Crippen LogP contribution in [-0.4, -0.2) is 87.9 Å². The number of unbranched alkanes of at least 4 members (excludes halogenated alkanes) is 14. The summed E-state index contributed by atoms with van der Waals surface area (Å²) in [4.78, 5) is 47.4. The van der Waals surface area contributed by atoms with Gasteiger partial charge in [0.2, 0.25) is 0 Å². The fourth-order valence-corrected chi connectivity index (χ4v) is 7.06. The molecule has 0 aromatic heterocycles. The molecule has 4 rings (SSSR count). The second kappa shape index (κ2) is 29.9. The highest BCUT2D eigenvalue weighted by Gasteiger charge is 2.51. The average molecular weight is 859 g/mol. The Morgan fingerprint density at radius 2 is 0.790 bits per heavy atom. The normalized spacial score (nSPS) is 18.0. The molecule has 4 atom stereocenters. The van der Waals surface area contributed by atoms with Gasteiger partial charge in [0.15, 0.2) is 12.2 Å². The molecular weight excluding hydrogens is 793 g/mol. The smallest absolute Gasteiger partial charge is 0.331 e. The second-order valence-electron chi connectivity index (χ2n) is 15.4. The van der Waals surface area contributed by atoms with Crippen molar-refractivity contribution in [3.05, 3.63) is 97.1 Å². The third-order valence-electron chi connectivity index (χ3n) is 10.5. The van der Waals surface area contributed by atoms with Gasteiger partial charge in [-0.2, -0.15) is 0 Å². The number of hydrogen-bond acceptors (Lipinski definition) is 12. The lowest BCUT2D eigenvalue weighted by Gasteiger charge is -2.16. The summed E-state index contributed by atoms with van der Waals surface area (Å²) in [5.74, 6) is -0.190. The molecule has 0 saturated carbocycles. The van der Waals surface area contributed by atoms with Crippen LogP contribution < -0.4 is 9.47 Å². The van der Waals surface area contributed by atoms with Gasteiger partial charge in [0.1, 0.15) is 23.7 Å². The Morgan fingerprint density at radius 3 is 1.13 bits per heavy atom. The quantitative estimate of drug-likeness (QED) is 0.0299. The van der Waals surface area contributed by atoms with Crippen LogP contribution in [-0.2, 0) is 47.6 Å². The van der Waals surface area contributed by atoms with Crippen molar-refractivity contribution in [3.63, 3.8) is 0 Å². The Labute approximate surface area is 367 Å². The van der Waals surface area contributed by atoms with Crippen LogP contribution in [0.5, 0.6) is 11.5 Å². The van der Waals surface area contributed by atoms with Gasteiger partial charge < -0.3 is 37.9 Å². The summed E-state index contributed by atoms with van der Waals surface area (Å²) in [6, 6.07) is 15.1. The van der Waals surface area contributed by atoms with Gasteiger partial charge in [0.25, 0.3) is 0 Å². The van der Waals surface area contributed by atoms with Crippen LogP contribution in [0, 0.1) is 0 Å². The van der Waals surface area contributed by atoms with Crippen LogP contribution in [0.3, 0.4) is 0 Å². The minimum Gasteiger partial charge on any atom is -0.494 e. The van der Waals surface area contributed by atoms with E-state index in [1.807, 2.05) is 48.5 Å². The summed E-state index contributed by atoms with van der Waals surface area (Å²) in [6.07, 6.45) is 23.7. The molecule has 0 unspecified atom stereocenters. The van der Waals surface area contributed by atoms with E-state index in [2.05, 4.69) is 13.2 Å². The molecule has 0 amide bonds. The third-order valence-corrected chi connectivity index (χ3v) is 10.5. The summed E-state index contributed by atoms with van der Waals surface area (Å²) in [5, 5.41) is 0. The summed E-state index contributed by atoms with van der Waals surface area (Å²) < 4.78 is 44.7. The molecule has 0 spiro atoms. The van der Waals surface area contributed by atoms with Crippen molar-refractivity contribution >= 4 is 36.0 Å². The molecule has 2 saturated heterocycles. The van der Waals surface area contributed by atoms with Crippen molar-refractivity contribution in [2.75, 3.05) is 39.6 Å². The predicted octanol–water partition coefficient (Wildman–Crippen LogP) is 9.49. The fourth-order valence-electron chi connectivity index (χ4n) is 7.06. The molecule has 2 aliphatic heterocycles. The van der Waals surface area contributed by atoms with E-state index in [1.165, 1.54) is 62.8 Å². The van der Waals surface area contributed by atoms with Crippen molar-refractivity contribution < 1.29 is 57.1 Å². The van der Waals surface area contributed by atoms with E-state index in [0.717, 1.165) is 86.8 Å². The standard InChI is InChI=1S/C50H66O12/c1-3-45(51)57-35-19-15-11-7-5-9-13-17-33-55-41-27-21-39(22-28-41)25-31-47(53)61-43-37-59-50-44(38-60-49(43)50)62-48(54)32-26-40-23-29-42(30-24-40)56-34-18-14-10-6-8-12-16-20-36-58-46(52)4-2/h3-4,21-32,43-44,49-50H,1-2,5-20,33-38H2/b31-25+,32-26+/t43-,44-,49-,50-/m1/s1. The number of esters is 4. The molecule has 12 heteroatoms. The molecule has 2 heterocycles. The zero-order valence-electron chi connectivity index (χ0n) is 36.3. The van der Waals surface area contributed by atoms with Crippen LogP contribution in [0.4, 0.5) is 0 Å². The number of hydrogen-bond donors (Lipinski definition) is 0. The van der Waals surface area contributed by atoms with Crippen molar-refractivity contribution in [1.29, 1.82) is 0 Å². The lowest BCUT2D eigenvalue weighted by atomic mass is 10.1. The number of rotatable bonds is 32. The zero-order chi connectivity index (χ0) is 44.0. The largest absolute Gasteiger partial charge is 0.494 e. The van der Waals surface area contributed by atoms with E-state index < -0.39 is 36.4 Å². The molecule has 0 N–H and O–H groups in total. The molecule has 0 bridgehead atoms. The third kappa shape index (κ3) is 20.1. The van der Waals surface area contributed by atoms with Gasteiger partial charge in [-0.15, -0.1) is 0 Å². The maximum absolute atomic E-state index is 12.7. The fraction of sp³-hybridized carbons (Fsp3) is 0.520. The molecular formula is C50H66O12. The number of benzene rings is 2. The van der Waals surface area contributed by atoms with Gasteiger partial charge in [-0.05, 0) is 73.2 Å². The Kier molecular flexibility index (Phi) is 23.9. The number of carbonyl (C=O) groups is 4. The summed E-state index contributed by atoms with van der Waals surface area (Å²) in [7, 11) is 0. The highest BCUT2D eigenvalue weighted by Crippen LogP contribution is 2.31. The first-order valence-electron chi connectivity index (χ1n) is 22.4. The van der Waals surface area contributed by atoms with Gasteiger partial charge in [0, 0.05) is 24.3 Å². The molecule has 338 valence electrons. The number of fused-ring (bicyclic) bond motifs is 1. The Balaban J connectivity index is 1.01. The van der Waals surface area contributed by atoms with E-state index in [4.69, 9.17) is 37.9 Å². The van der Waals surface area contributed by atoms with Crippen LogP contribution in [0.1, 0.15) is 114 Å². The van der Waals surface area contributed by atoms with Crippen LogP contribution in [0.15, 0.2) is 86.0 Å². The van der Waals surface area contributed by atoms with E-state index >= 15 is 0 Å². The first-order valence-corrected chi connectivity index (χ1v) is 22.4. The van der Waals surface area contributed by atoms with Crippen molar-refractivity contribution in [1.82, 2.24) is 0 Å². The maximum Gasteiger partial charge on any atom is 0.331 e. The number of carbonyl (C=O) groups excluding carboxylic acids is 4. The van der Waals surface area contributed by atoms with Crippen LogP contribution in [0.2, 0.25) is 0 Å². The van der Waals surface area contributed by atoms with Gasteiger partial charge in [0.05, 0.1) is 39.6 Å². The summed E-state index contributed by atoms with van der Waals surface area (Å²) >= 11 is 0. The molecule has 2 aromatic rings. The van der Waals surface area contributed by atoms with Crippen molar-refractivity contribution in [2.45, 2.75) is 127 Å². The second-order valence-corrected chi connectivity index (χ2v) is 15.4. The van der Waals surface area contributed by atoms with E-state index in [0.29, 0.717) is 26.4 Å². The Morgan fingerprint density at radius 1 is 0.468 bits per heavy atom. The van der Waals surface area contributed by atoms with Gasteiger partial charge in [-0.25, -0.2) is 19.2 Å². The van der Waals surface area contributed by atoms with E-state index in [-0.39, 0.29) is 25.2 Å². The molecule has 62 heavy (non-hydrogen) atoms. The summed E-state index contributed by atoms with van der Waals surface area (Å²) in [6.45, 7) is 9.30. The topological polar surface area (TPSA) is 142 Å². The molecule has 0 radical (unpaired) electrons. The summed E-state index contributed by atoms with van der Waals surface area (Å²) in [5.41, 5.74) is 1.67. The first-order chi connectivity index (χ1) is 30.3. The van der Waals surface area contributed by atoms with Gasteiger partial charge >= 0.3 is 23.9 Å². The maximum atomic E-state index is 12.7. The SMILES string of the molecule is C=CC(=O)OCCCCCCCCCCOc1ccc(/C=C/C(=O)O[C@@H]2CO[C@H]3[C@@H]2OC[C@H]3OC(=O)/C=C/c2ccc(OCCCCCCCCCCOC(=O)C=C)cc2)cc1. The zero-order valence-corrected chi connectivity index (χ0v) is 36.3. The molecule has 2 aliphatic rings. The van der Waals surface area contributed by atoms with E-state index in [1.54, 1.807) is 12.2 Å².